The second-order valence-electron chi connectivity index (χ2n) is 10.4. The molecule has 0 unspecified atom stereocenters. The zero-order valence-corrected chi connectivity index (χ0v) is 24.1. The fourth-order valence-electron chi connectivity index (χ4n) is 5.27. The number of nitrogens with zero attached hydrogens (tertiary/aromatic N) is 2. The van der Waals surface area contributed by atoms with Crippen molar-refractivity contribution in [3.05, 3.63) is 48.3 Å². The van der Waals surface area contributed by atoms with Gasteiger partial charge >= 0.3 is 0 Å². The number of aliphatic hydroxyl groups excluding tert-OH is 1. The Bertz CT molecular complexity index is 1570. The molecule has 2 fully saturated rings. The summed E-state index contributed by atoms with van der Waals surface area (Å²) in [7, 11) is -5.92. The number of hydrogen-bond donors (Lipinski definition) is 4. The number of aliphatic hydroxyl groups is 1. The normalized spacial score (nSPS) is 20.7. The molecular weight excluding hydrogens is 558 g/mol. The van der Waals surface area contributed by atoms with Crippen molar-refractivity contribution in [1.82, 2.24) is 24.3 Å². The van der Waals surface area contributed by atoms with Crippen LogP contribution in [0.15, 0.2) is 52.5 Å². The van der Waals surface area contributed by atoms with Crippen molar-refractivity contribution >= 4 is 31.1 Å². The summed E-state index contributed by atoms with van der Waals surface area (Å²) < 4.78 is 66.1. The summed E-state index contributed by atoms with van der Waals surface area (Å²) in [5.74, 6) is 0.346. The lowest BCUT2D eigenvalue weighted by molar-refractivity contribution is -0.0312. The Hall–Kier alpha value is -2.59. The van der Waals surface area contributed by atoms with E-state index in [0.717, 1.165) is 10.9 Å². The van der Waals surface area contributed by atoms with Gasteiger partial charge in [0.2, 0.25) is 20.0 Å². The largest absolute Gasteiger partial charge is 0.491 e. The molecule has 1 spiro atoms. The molecule has 218 valence electrons. The summed E-state index contributed by atoms with van der Waals surface area (Å²) in [5.41, 5.74) is 1.21. The molecule has 5 rings (SSSR count). The van der Waals surface area contributed by atoms with Gasteiger partial charge in [0.05, 0.1) is 17.1 Å². The van der Waals surface area contributed by atoms with Gasteiger partial charge in [0.1, 0.15) is 29.0 Å². The summed E-state index contributed by atoms with van der Waals surface area (Å²) in [6.07, 6.45) is 4.28. The van der Waals surface area contributed by atoms with Crippen LogP contribution in [0.1, 0.15) is 24.8 Å². The van der Waals surface area contributed by atoms with Crippen LogP contribution in [0.3, 0.4) is 0 Å². The molecule has 1 aromatic carbocycles. The Labute approximate surface area is 234 Å². The van der Waals surface area contributed by atoms with Crippen molar-refractivity contribution in [2.75, 3.05) is 39.9 Å². The zero-order valence-electron chi connectivity index (χ0n) is 22.5. The molecule has 3 aromatic rings. The van der Waals surface area contributed by atoms with Crippen LogP contribution >= 0.6 is 0 Å². The van der Waals surface area contributed by atoms with Gasteiger partial charge in [-0.3, -0.25) is 0 Å². The van der Waals surface area contributed by atoms with E-state index in [4.69, 9.17) is 9.47 Å². The van der Waals surface area contributed by atoms with Gasteiger partial charge < -0.3 is 24.9 Å². The third kappa shape index (κ3) is 6.03. The van der Waals surface area contributed by atoms with Gasteiger partial charge in [-0.2, -0.15) is 4.31 Å². The van der Waals surface area contributed by atoms with Crippen molar-refractivity contribution in [3.8, 4) is 5.75 Å². The van der Waals surface area contributed by atoms with Crippen molar-refractivity contribution in [2.24, 2.45) is 0 Å². The highest BCUT2D eigenvalue weighted by Gasteiger charge is 2.44. The molecule has 2 atom stereocenters. The fraction of sp³-hybridized carbons (Fsp3) is 0.500. The maximum Gasteiger partial charge on any atom is 0.244 e. The van der Waals surface area contributed by atoms with Crippen LogP contribution < -0.4 is 14.8 Å². The first-order valence-corrected chi connectivity index (χ1v) is 16.1. The van der Waals surface area contributed by atoms with Gasteiger partial charge in [0, 0.05) is 49.5 Å². The lowest BCUT2D eigenvalue weighted by Gasteiger charge is -2.38. The summed E-state index contributed by atoms with van der Waals surface area (Å²) in [4.78, 5) is 7.59. The molecule has 2 saturated heterocycles. The standard InChI is InChI=1S/C26H35N5O7S2/c1-18-13-29-25-24(18)11-23(15-30-25)40(35,36)31-8-6-26(7-9-31)12-19(16-38-26)28-14-20(32)17-37-21-4-3-5-22(10-21)39(33,34)27-2/h3-5,10-11,13,15,19-20,27-28,32H,6-9,12,14,16-17H2,1-2H3,(H,29,30)/t19-,20+/m1/s1. The highest BCUT2D eigenvalue weighted by atomic mass is 32.2. The minimum atomic E-state index is -3.67. The van der Waals surface area contributed by atoms with Gasteiger partial charge in [0.25, 0.3) is 0 Å². The number of hydrogen-bond acceptors (Lipinski definition) is 9. The van der Waals surface area contributed by atoms with E-state index in [1.807, 2.05) is 13.1 Å². The molecule has 0 amide bonds. The molecule has 4 N–H and O–H groups in total. The monoisotopic (exact) mass is 593 g/mol. The maximum atomic E-state index is 13.3. The van der Waals surface area contributed by atoms with Crippen LogP contribution in [0.2, 0.25) is 0 Å². The molecule has 14 heteroatoms. The first-order valence-electron chi connectivity index (χ1n) is 13.2. The highest BCUT2D eigenvalue weighted by molar-refractivity contribution is 7.89. The Morgan fingerprint density at radius 2 is 2.00 bits per heavy atom. The molecule has 12 nitrogen and oxygen atoms in total. The number of benzene rings is 1. The topological polar surface area (TPSA) is 163 Å². The van der Waals surface area contributed by atoms with E-state index in [1.165, 1.54) is 29.7 Å². The Morgan fingerprint density at radius 1 is 1.23 bits per heavy atom. The Morgan fingerprint density at radius 3 is 2.75 bits per heavy atom. The lowest BCUT2D eigenvalue weighted by atomic mass is 9.88. The molecule has 0 radical (unpaired) electrons. The molecule has 2 aliphatic rings. The van der Waals surface area contributed by atoms with Gasteiger partial charge in [-0.1, -0.05) is 6.07 Å². The van der Waals surface area contributed by atoms with E-state index >= 15 is 0 Å². The average molecular weight is 594 g/mol. The maximum absolute atomic E-state index is 13.3. The summed E-state index contributed by atoms with van der Waals surface area (Å²) in [5, 5.41) is 14.5. The molecule has 0 saturated carbocycles. The average Bonchev–Trinajstić information content (AvgIpc) is 3.53. The summed E-state index contributed by atoms with van der Waals surface area (Å²) in [6, 6.07) is 7.78. The van der Waals surface area contributed by atoms with E-state index in [-0.39, 0.29) is 29.0 Å². The fourth-order valence-corrected chi connectivity index (χ4v) is 7.45. The third-order valence-corrected chi connectivity index (χ3v) is 10.9. The van der Waals surface area contributed by atoms with E-state index in [0.29, 0.717) is 50.4 Å². The number of piperidine rings is 1. The van der Waals surface area contributed by atoms with E-state index in [9.17, 15) is 21.9 Å². The number of aromatic amines is 1. The number of fused-ring (bicyclic) bond motifs is 1. The second-order valence-corrected chi connectivity index (χ2v) is 14.2. The van der Waals surface area contributed by atoms with Gasteiger partial charge in [-0.15, -0.1) is 0 Å². The van der Waals surface area contributed by atoms with Crippen LogP contribution in [0.5, 0.6) is 5.75 Å². The molecule has 40 heavy (non-hydrogen) atoms. The lowest BCUT2D eigenvalue weighted by Crippen LogP contribution is -2.47. The summed E-state index contributed by atoms with van der Waals surface area (Å²) >= 11 is 0. The zero-order chi connectivity index (χ0) is 28.5. The number of nitrogens with one attached hydrogen (secondary N) is 3. The molecule has 0 bridgehead atoms. The van der Waals surface area contributed by atoms with E-state index in [1.54, 1.807) is 18.2 Å². The minimum Gasteiger partial charge on any atom is -0.491 e. The van der Waals surface area contributed by atoms with Crippen LogP contribution in [-0.4, -0.2) is 93.9 Å². The van der Waals surface area contributed by atoms with E-state index in [2.05, 4.69) is 20.0 Å². The number of rotatable bonds is 10. The van der Waals surface area contributed by atoms with Gasteiger partial charge in [-0.05, 0) is 57.0 Å². The smallest absolute Gasteiger partial charge is 0.244 e. The van der Waals surface area contributed by atoms with Crippen LogP contribution in [-0.2, 0) is 24.8 Å². The van der Waals surface area contributed by atoms with Crippen molar-refractivity contribution < 1.29 is 31.4 Å². The summed E-state index contributed by atoms with van der Waals surface area (Å²) in [6.45, 7) is 3.36. The Balaban J connectivity index is 1.09. The molecule has 0 aliphatic carbocycles. The van der Waals surface area contributed by atoms with Crippen LogP contribution in [0.4, 0.5) is 0 Å². The van der Waals surface area contributed by atoms with Crippen molar-refractivity contribution in [1.29, 1.82) is 0 Å². The predicted octanol–water partition coefficient (Wildman–Crippen LogP) is 1.12. The van der Waals surface area contributed by atoms with E-state index < -0.39 is 31.8 Å². The van der Waals surface area contributed by atoms with Crippen LogP contribution in [0, 0.1) is 6.92 Å². The second kappa shape index (κ2) is 11.4. The number of aromatic nitrogens is 2. The highest BCUT2D eigenvalue weighted by Crippen LogP contribution is 2.37. The number of sulfonamides is 2. The molecular formula is C26H35N5O7S2. The molecule has 2 aliphatic heterocycles. The number of aryl methyl sites for hydroxylation is 1. The first kappa shape index (κ1) is 28.9. The number of ether oxygens (including phenoxy) is 2. The quantitative estimate of drug-likeness (QED) is 0.270. The van der Waals surface area contributed by atoms with Crippen molar-refractivity contribution in [3.63, 3.8) is 0 Å². The number of H-pyrrole nitrogens is 1. The van der Waals surface area contributed by atoms with Crippen LogP contribution in [0.25, 0.3) is 11.0 Å². The van der Waals surface area contributed by atoms with Gasteiger partial charge in [-0.25, -0.2) is 26.5 Å². The Kier molecular flexibility index (Phi) is 8.21. The SMILES string of the molecule is CNS(=O)(=O)c1cccc(OC[C@@H](O)CN[C@H]2COC3(CCN(S(=O)(=O)c4cnc5[nH]cc(C)c5c4)CC3)C2)c1. The number of pyridine rings is 1. The van der Waals surface area contributed by atoms with Gasteiger partial charge in [0.15, 0.2) is 0 Å². The van der Waals surface area contributed by atoms with Crippen molar-refractivity contribution in [2.45, 2.75) is 53.7 Å². The molecule has 2 aromatic heterocycles. The minimum absolute atomic E-state index is 0.00940. The third-order valence-electron chi connectivity index (χ3n) is 7.66. The molecule has 4 heterocycles. The predicted molar refractivity (Wildman–Crippen MR) is 148 cm³/mol. The first-order chi connectivity index (χ1) is 19.0.